The first-order valence-electron chi connectivity index (χ1n) is 43.9. The molecule has 17 amide bonds. The fourth-order valence-electron chi connectivity index (χ4n) is 15.6. The van der Waals surface area contributed by atoms with Crippen LogP contribution in [-0.4, -0.2) is 318 Å². The summed E-state index contributed by atoms with van der Waals surface area (Å²) in [5.74, 6) is -19.3. The molecule has 6 aromatic rings. The first-order valence-corrected chi connectivity index (χ1v) is 45.1. The highest BCUT2D eigenvalue weighted by Crippen LogP contribution is 2.26. The van der Waals surface area contributed by atoms with Crippen LogP contribution < -0.4 is 75.7 Å². The number of primary amides is 2. The van der Waals surface area contributed by atoms with Crippen molar-refractivity contribution >= 4 is 146 Å². The number of nitrogens with one attached hydrogen (secondary N) is 15. The molecular weight excluding hydrogens is 1750 g/mol. The number of amides is 17. The average molecular weight is 1870 g/mol. The fourth-order valence-corrected chi connectivity index (χ4v) is 16.5. The Balaban J connectivity index is 1.18. The van der Waals surface area contributed by atoms with E-state index in [2.05, 4.69) is 78.4 Å². The predicted molar refractivity (Wildman–Crippen MR) is 487 cm³/mol. The van der Waals surface area contributed by atoms with Crippen LogP contribution in [0, 0.1) is 5.41 Å². The van der Waals surface area contributed by atoms with Gasteiger partial charge in [0.2, 0.25) is 100 Å². The Hall–Kier alpha value is -14.0. The predicted octanol–water partition coefficient (Wildman–Crippen LogP) is -3.32. The zero-order chi connectivity index (χ0) is 97.3. The van der Waals surface area contributed by atoms with Crippen molar-refractivity contribution in [1.29, 1.82) is 5.41 Å². The molecule has 133 heavy (non-hydrogen) atoms. The number of hydrogen-bond acceptors (Lipinski definition) is 22. The first kappa shape index (κ1) is 104. The van der Waals surface area contributed by atoms with E-state index >= 15 is 24.0 Å². The lowest BCUT2D eigenvalue weighted by Crippen LogP contribution is -2.61. The molecule has 0 radical (unpaired) electrons. The SMILES string of the molecule is CCCC[C@H]1C(=O)N(C)[C@@H](CCCC)C(=O)N[C@@H](CCCNC(=N)N)C(=O)N[C@H](C(=O)NCC(N)=O)CSCC(=O)N[C@@H](Cc2ccccc2)C(=O)N(C)[C@@H](C)C(=O)N[C@@H](CC(N)=O)C(=O)N2CCC[C@H]2C(=O)N[C@@H](Cc2cnc[nH]2)C(=O)N[C@@H](CCC(=O)O)C(=O)N(C)CC(=O)N[C@@H](Cc2c[nH]c3ccccc23)C(=O)N[C@@H](CO)C(=O)N[C@@H](Cc2c[nH]c3ccccc23)C(=O)N1C. The highest BCUT2D eigenvalue weighted by atomic mass is 32.2. The number of rotatable bonds is 27. The van der Waals surface area contributed by atoms with Crippen molar-refractivity contribution < 1.29 is 96.5 Å². The number of para-hydroxylation sites is 2. The number of benzene rings is 3. The second kappa shape index (κ2) is 51.0. The maximum atomic E-state index is 15.7. The Kier molecular flexibility index (Phi) is 40.0. The molecular formula is C88H122N24O20S. The number of imidazole rings is 1. The molecule has 5 heterocycles. The van der Waals surface area contributed by atoms with Crippen LogP contribution in [0.15, 0.2) is 104 Å². The van der Waals surface area contributed by atoms with Gasteiger partial charge in [-0.1, -0.05) is 106 Å². The number of unbranched alkanes of at least 4 members (excludes halogenated alkanes) is 2. The number of H-pyrrole nitrogens is 3. The molecule has 720 valence electrons. The number of aliphatic carboxylic acids is 1. The van der Waals surface area contributed by atoms with Gasteiger partial charge in [-0.15, -0.1) is 11.8 Å². The summed E-state index contributed by atoms with van der Waals surface area (Å²) in [6.07, 6.45) is 3.98. The zero-order valence-corrected chi connectivity index (χ0v) is 76.2. The quantitative estimate of drug-likeness (QED) is 0.0136. The third-order valence-electron chi connectivity index (χ3n) is 23.1. The molecule has 44 nitrogen and oxygen atoms in total. The maximum Gasteiger partial charge on any atom is 0.303 e. The molecule has 3 aromatic carbocycles. The summed E-state index contributed by atoms with van der Waals surface area (Å²) >= 11 is 0.779. The van der Waals surface area contributed by atoms with E-state index in [0.29, 0.717) is 64.2 Å². The molecule has 13 atom stereocenters. The molecule has 0 bridgehead atoms. The van der Waals surface area contributed by atoms with Crippen molar-refractivity contribution in [2.75, 3.05) is 72.5 Å². The number of aromatic nitrogens is 4. The number of aliphatic hydroxyl groups is 1. The summed E-state index contributed by atoms with van der Waals surface area (Å²) in [6.45, 7) is 2.07. The highest BCUT2D eigenvalue weighted by molar-refractivity contribution is 8.00. The van der Waals surface area contributed by atoms with Crippen LogP contribution in [0.25, 0.3) is 21.8 Å². The molecule has 3 aromatic heterocycles. The Morgan fingerprint density at radius 3 is 1.67 bits per heavy atom. The summed E-state index contributed by atoms with van der Waals surface area (Å²) in [5, 5.41) is 58.7. The van der Waals surface area contributed by atoms with Gasteiger partial charge < -0.3 is 125 Å². The van der Waals surface area contributed by atoms with Crippen LogP contribution in [0.2, 0.25) is 0 Å². The number of carbonyl (C=O) groups excluding carboxylic acids is 17. The van der Waals surface area contributed by atoms with Crippen molar-refractivity contribution in [2.24, 2.45) is 17.2 Å². The average Bonchev–Trinajstić information content (AvgIpc) is 1.52. The van der Waals surface area contributed by atoms with Gasteiger partial charge in [-0.05, 0) is 80.7 Å². The van der Waals surface area contributed by atoms with Gasteiger partial charge in [0, 0.05) is 125 Å². The Morgan fingerprint density at radius 1 is 0.526 bits per heavy atom. The largest absolute Gasteiger partial charge is 0.481 e. The monoisotopic (exact) mass is 1870 g/mol. The smallest absolute Gasteiger partial charge is 0.303 e. The number of nitrogens with two attached hydrogens (primary N) is 3. The van der Waals surface area contributed by atoms with E-state index in [1.807, 2.05) is 13.8 Å². The van der Waals surface area contributed by atoms with E-state index < -0.39 is 241 Å². The van der Waals surface area contributed by atoms with Crippen LogP contribution in [0.3, 0.4) is 0 Å². The van der Waals surface area contributed by atoms with Gasteiger partial charge in [-0.2, -0.15) is 0 Å². The summed E-state index contributed by atoms with van der Waals surface area (Å²) in [6, 6.07) is 1.69. The molecule has 0 saturated carbocycles. The fraction of sp³-hybridized carbons (Fsp3) is 0.500. The second-order valence-corrected chi connectivity index (χ2v) is 34.0. The number of nitrogens with zero attached hydrogens (tertiary/aromatic N) is 6. The number of thioether (sulfide) groups is 1. The maximum absolute atomic E-state index is 15.7. The summed E-state index contributed by atoms with van der Waals surface area (Å²) < 4.78 is 0. The van der Waals surface area contributed by atoms with Crippen LogP contribution in [0.4, 0.5) is 0 Å². The Labute approximate surface area is 771 Å². The second-order valence-electron chi connectivity index (χ2n) is 33.0. The Bertz CT molecular complexity index is 5130. The lowest BCUT2D eigenvalue weighted by Gasteiger charge is -2.36. The van der Waals surface area contributed by atoms with Crippen LogP contribution in [-0.2, 0) is 112 Å². The van der Waals surface area contributed by atoms with E-state index in [9.17, 15) is 72.5 Å². The molecule has 23 N–H and O–H groups in total. The third kappa shape index (κ3) is 30.5. The first-order chi connectivity index (χ1) is 63.4. The molecule has 0 unspecified atom stereocenters. The number of aromatic amines is 3. The van der Waals surface area contributed by atoms with Crippen molar-refractivity contribution in [1.82, 2.24) is 103 Å². The molecule has 8 rings (SSSR count). The van der Waals surface area contributed by atoms with Crippen LogP contribution in [0.5, 0.6) is 0 Å². The van der Waals surface area contributed by atoms with Crippen molar-refractivity contribution in [3.8, 4) is 0 Å². The summed E-state index contributed by atoms with van der Waals surface area (Å²) in [7, 11) is 5.05. The van der Waals surface area contributed by atoms with Gasteiger partial charge in [0.1, 0.15) is 78.5 Å². The minimum absolute atomic E-state index is 0.00961. The van der Waals surface area contributed by atoms with Crippen molar-refractivity contribution in [3.05, 3.63) is 126 Å². The van der Waals surface area contributed by atoms with E-state index in [1.165, 1.54) is 40.6 Å². The van der Waals surface area contributed by atoms with Crippen LogP contribution >= 0.6 is 11.8 Å². The zero-order valence-electron chi connectivity index (χ0n) is 75.4. The number of likely N-dealkylation sites (N-methyl/N-ethyl adjacent to an activating group) is 4. The van der Waals surface area contributed by atoms with Crippen molar-refractivity contribution in [2.45, 2.75) is 208 Å². The number of fused-ring (bicyclic) bond motifs is 3. The van der Waals surface area contributed by atoms with Gasteiger partial charge in [0.15, 0.2) is 5.96 Å². The Morgan fingerprint density at radius 2 is 1.07 bits per heavy atom. The molecule has 2 aliphatic heterocycles. The minimum Gasteiger partial charge on any atom is -0.481 e. The number of carbonyl (C=O) groups is 18. The third-order valence-corrected chi connectivity index (χ3v) is 24.1. The lowest BCUT2D eigenvalue weighted by molar-refractivity contribution is -0.149. The topological polar surface area (TPSA) is 658 Å². The normalized spacial score (nSPS) is 23.3. The minimum atomic E-state index is -1.90. The summed E-state index contributed by atoms with van der Waals surface area (Å²) in [4.78, 5) is 278. The van der Waals surface area contributed by atoms with E-state index in [-0.39, 0.29) is 83.0 Å². The number of carboxylic acid groups (broad SMARTS) is 1. The van der Waals surface area contributed by atoms with E-state index in [4.69, 9.17) is 22.6 Å². The molecule has 2 fully saturated rings. The standard InChI is InChI=1S/C88H122N24O20S/c1-8-10-28-67-81(126)101-58(27-19-33-94-88(91)92)77(122)107-66(76(121)97-43-71(90)115)46-133-47-73(117)100-62(35-50-21-13-12-14-22-50)84(129)109(5)49(3)75(120)104-64(39-70(89)114)86(131)112-34-20-30-68(112)82(127)103-61(38-53-42-93-48-98-53)79(124)102-59(31-32-74(118)119)83(128)108(4)44-72(116)99-60(36-51-40-95-56-25-17-15-23-54(51)56)78(123)106-65(45-113)80(125)105-63(37-52-41-96-57-26-18-16-24-55(52)57)85(130)111(7)69(29-11-9-2)87(132)110(67)6/h12-18,21-26,40-42,48-49,58-69,95-96,113H,8-11,19-20,27-39,43-47H2,1-7H3,(H2,89,114)(H2,90,115)(H,93,98)(H,97,121)(H,99,116)(H,100,117)(H,101,126)(H,102,124)(H,103,127)(H,104,120)(H,105,125)(H,106,123)(H,107,122)(H,118,119)(H4,91,92,94)/t49-,58-,59-,60-,61-,62-,63-,64-,65-,66-,67-,68-,69-/m0/s1. The summed E-state index contributed by atoms with van der Waals surface area (Å²) in [5.41, 5.74) is 19.7. The molecule has 0 spiro atoms. The molecule has 2 saturated heterocycles. The van der Waals surface area contributed by atoms with Gasteiger partial charge in [0.25, 0.3) is 0 Å². The molecule has 0 aliphatic carbocycles. The molecule has 2 aliphatic rings. The van der Waals surface area contributed by atoms with E-state index in [0.717, 1.165) is 43.3 Å². The van der Waals surface area contributed by atoms with Crippen LogP contribution in [0.1, 0.15) is 127 Å². The number of carboxylic acids is 1. The number of aliphatic hydroxyl groups excluding tert-OH is 1. The van der Waals surface area contributed by atoms with Gasteiger partial charge in [-0.25, -0.2) is 4.98 Å². The van der Waals surface area contributed by atoms with Crippen molar-refractivity contribution in [3.63, 3.8) is 0 Å². The lowest BCUT2D eigenvalue weighted by atomic mass is 10.00. The van der Waals surface area contributed by atoms with Gasteiger partial charge in [-0.3, -0.25) is 91.7 Å². The van der Waals surface area contributed by atoms with Gasteiger partial charge >= 0.3 is 5.97 Å². The number of hydrogen-bond donors (Lipinski definition) is 20. The highest BCUT2D eigenvalue weighted by Gasteiger charge is 2.44. The number of guanidine groups is 1. The molecule has 45 heteroatoms. The van der Waals surface area contributed by atoms with E-state index in [1.54, 1.807) is 91.3 Å². The van der Waals surface area contributed by atoms with Gasteiger partial charge in [0.05, 0.1) is 38.2 Å².